The van der Waals surface area contributed by atoms with Crippen molar-refractivity contribution in [1.29, 1.82) is 0 Å². The van der Waals surface area contributed by atoms with Gasteiger partial charge < -0.3 is 5.32 Å². The van der Waals surface area contributed by atoms with Gasteiger partial charge >= 0.3 is 0 Å². The van der Waals surface area contributed by atoms with Gasteiger partial charge in [0.1, 0.15) is 0 Å². The molecule has 0 spiro atoms. The van der Waals surface area contributed by atoms with Crippen LogP contribution in [0.25, 0.3) is 17.1 Å². The number of rotatable bonds is 3. The minimum absolute atomic E-state index is 0.207. The molecule has 2 aromatic carbocycles. The van der Waals surface area contributed by atoms with Gasteiger partial charge in [0.05, 0.1) is 22.9 Å². The van der Waals surface area contributed by atoms with Crippen LogP contribution in [0.5, 0.6) is 0 Å². The SMILES string of the molecule is Cc1ccc(Br)cc1NC(=O)C=Cc1cnc2ccccc2n1. The lowest BCUT2D eigenvalue weighted by Crippen LogP contribution is -2.09. The molecule has 0 aliphatic rings. The Balaban J connectivity index is 1.75. The summed E-state index contributed by atoms with van der Waals surface area (Å²) in [5, 5.41) is 2.85. The maximum Gasteiger partial charge on any atom is 0.248 e. The normalized spacial score (nSPS) is 11.0. The number of nitrogens with one attached hydrogen (secondary N) is 1. The van der Waals surface area contributed by atoms with Crippen LogP contribution in [-0.4, -0.2) is 15.9 Å². The number of anilines is 1. The molecule has 4 nitrogen and oxygen atoms in total. The van der Waals surface area contributed by atoms with E-state index in [0.29, 0.717) is 5.69 Å². The zero-order valence-electron chi connectivity index (χ0n) is 12.5. The second-order valence-electron chi connectivity index (χ2n) is 5.07. The fourth-order valence-corrected chi connectivity index (χ4v) is 2.48. The van der Waals surface area contributed by atoms with Crippen LogP contribution in [0.15, 0.2) is 59.2 Å². The number of aryl methyl sites for hydroxylation is 1. The topological polar surface area (TPSA) is 54.9 Å². The molecule has 3 aromatic rings. The van der Waals surface area contributed by atoms with Crippen molar-refractivity contribution in [2.75, 3.05) is 5.32 Å². The van der Waals surface area contributed by atoms with Gasteiger partial charge in [0.15, 0.2) is 0 Å². The Morgan fingerprint density at radius 1 is 1.17 bits per heavy atom. The number of carbonyl (C=O) groups excluding carboxylic acids is 1. The van der Waals surface area contributed by atoms with Gasteiger partial charge in [-0.25, -0.2) is 4.98 Å². The maximum atomic E-state index is 12.1. The molecule has 0 aliphatic carbocycles. The van der Waals surface area contributed by atoms with Crippen molar-refractivity contribution in [3.05, 3.63) is 70.5 Å². The van der Waals surface area contributed by atoms with Crippen molar-refractivity contribution in [1.82, 2.24) is 9.97 Å². The smallest absolute Gasteiger partial charge is 0.248 e. The zero-order chi connectivity index (χ0) is 16.2. The number of hydrogen-bond acceptors (Lipinski definition) is 3. The van der Waals surface area contributed by atoms with E-state index >= 15 is 0 Å². The third-order valence-electron chi connectivity index (χ3n) is 3.33. The summed E-state index contributed by atoms with van der Waals surface area (Å²) in [5.74, 6) is -0.207. The molecule has 0 fully saturated rings. The Morgan fingerprint density at radius 3 is 2.78 bits per heavy atom. The van der Waals surface area contributed by atoms with Crippen molar-refractivity contribution in [3.63, 3.8) is 0 Å². The molecular weight excluding hydrogens is 354 g/mol. The largest absolute Gasteiger partial charge is 0.322 e. The van der Waals surface area contributed by atoms with E-state index in [1.54, 1.807) is 12.3 Å². The van der Waals surface area contributed by atoms with E-state index in [9.17, 15) is 4.79 Å². The number of hydrogen-bond donors (Lipinski definition) is 1. The molecule has 0 radical (unpaired) electrons. The fourth-order valence-electron chi connectivity index (χ4n) is 2.12. The van der Waals surface area contributed by atoms with Crippen molar-refractivity contribution in [2.45, 2.75) is 6.92 Å². The van der Waals surface area contributed by atoms with Crippen LogP contribution in [0.1, 0.15) is 11.3 Å². The summed E-state index contributed by atoms with van der Waals surface area (Å²) in [6.07, 6.45) is 4.76. The number of nitrogens with zero attached hydrogens (tertiary/aromatic N) is 2. The van der Waals surface area contributed by atoms with Gasteiger partial charge in [-0.1, -0.05) is 34.1 Å². The number of para-hydroxylation sites is 2. The van der Waals surface area contributed by atoms with E-state index < -0.39 is 0 Å². The van der Waals surface area contributed by atoms with E-state index in [2.05, 4.69) is 31.2 Å². The third-order valence-corrected chi connectivity index (χ3v) is 3.82. The van der Waals surface area contributed by atoms with Crippen LogP contribution in [-0.2, 0) is 4.79 Å². The first-order valence-corrected chi connectivity index (χ1v) is 7.88. The molecule has 0 saturated carbocycles. The van der Waals surface area contributed by atoms with Crippen molar-refractivity contribution in [3.8, 4) is 0 Å². The Bertz CT molecular complexity index is 906. The van der Waals surface area contributed by atoms with Gasteiger partial charge in [0, 0.05) is 16.2 Å². The predicted octanol–water partition coefficient (Wildman–Crippen LogP) is 4.35. The van der Waals surface area contributed by atoms with E-state index in [1.165, 1.54) is 6.08 Å². The highest BCUT2D eigenvalue weighted by Crippen LogP contribution is 2.20. The molecule has 5 heteroatoms. The van der Waals surface area contributed by atoms with E-state index in [1.807, 2.05) is 49.4 Å². The van der Waals surface area contributed by atoms with Crippen molar-refractivity contribution in [2.24, 2.45) is 0 Å². The second-order valence-corrected chi connectivity index (χ2v) is 5.98. The molecule has 3 rings (SSSR count). The Hall–Kier alpha value is -2.53. The summed E-state index contributed by atoms with van der Waals surface area (Å²) < 4.78 is 0.919. The first-order chi connectivity index (χ1) is 11.1. The van der Waals surface area contributed by atoms with E-state index in [0.717, 1.165) is 26.8 Å². The van der Waals surface area contributed by atoms with Gasteiger partial charge in [0.2, 0.25) is 5.91 Å². The van der Waals surface area contributed by atoms with Crippen LogP contribution < -0.4 is 5.32 Å². The van der Waals surface area contributed by atoms with Gasteiger partial charge in [-0.05, 0) is 42.8 Å². The van der Waals surface area contributed by atoms with Gasteiger partial charge in [-0.15, -0.1) is 0 Å². The molecule has 1 amide bonds. The number of amides is 1. The molecule has 0 atom stereocenters. The molecule has 23 heavy (non-hydrogen) atoms. The highest BCUT2D eigenvalue weighted by molar-refractivity contribution is 9.10. The molecule has 0 unspecified atom stereocenters. The summed E-state index contributed by atoms with van der Waals surface area (Å²) in [6, 6.07) is 13.4. The van der Waals surface area contributed by atoms with Crippen LogP contribution >= 0.6 is 15.9 Å². The first-order valence-electron chi connectivity index (χ1n) is 7.09. The predicted molar refractivity (Wildman–Crippen MR) is 96.1 cm³/mol. The molecule has 0 bridgehead atoms. The monoisotopic (exact) mass is 367 g/mol. The summed E-state index contributed by atoms with van der Waals surface area (Å²) >= 11 is 3.40. The highest BCUT2D eigenvalue weighted by Gasteiger charge is 2.03. The number of benzene rings is 2. The Kier molecular flexibility index (Phi) is 4.48. The van der Waals surface area contributed by atoms with Gasteiger partial charge in [-0.3, -0.25) is 9.78 Å². The summed E-state index contributed by atoms with van der Waals surface area (Å²) in [5.41, 5.74) is 4.06. The Labute approximate surface area is 142 Å². The Morgan fingerprint density at radius 2 is 1.96 bits per heavy atom. The van der Waals surface area contributed by atoms with Crippen molar-refractivity contribution < 1.29 is 4.79 Å². The minimum Gasteiger partial charge on any atom is -0.322 e. The highest BCUT2D eigenvalue weighted by atomic mass is 79.9. The third kappa shape index (κ3) is 3.81. The molecule has 0 saturated heterocycles. The molecule has 1 N–H and O–H groups in total. The summed E-state index contributed by atoms with van der Waals surface area (Å²) in [6.45, 7) is 1.95. The summed E-state index contributed by atoms with van der Waals surface area (Å²) in [7, 11) is 0. The molecule has 0 aliphatic heterocycles. The quantitative estimate of drug-likeness (QED) is 0.700. The molecule has 114 valence electrons. The first kappa shape index (κ1) is 15.4. The number of halogens is 1. The molecule has 1 heterocycles. The number of aromatic nitrogens is 2. The average Bonchev–Trinajstić information content (AvgIpc) is 2.56. The average molecular weight is 368 g/mol. The lowest BCUT2D eigenvalue weighted by Gasteiger charge is -2.06. The van der Waals surface area contributed by atoms with Crippen LogP contribution in [0, 0.1) is 6.92 Å². The van der Waals surface area contributed by atoms with E-state index in [-0.39, 0.29) is 5.91 Å². The fraction of sp³-hybridized carbons (Fsp3) is 0.0556. The van der Waals surface area contributed by atoms with Crippen molar-refractivity contribution >= 4 is 44.6 Å². The lowest BCUT2D eigenvalue weighted by atomic mass is 10.2. The van der Waals surface area contributed by atoms with E-state index in [4.69, 9.17) is 0 Å². The standard InChI is InChI=1S/C18H14BrN3O/c1-12-6-7-13(19)10-17(12)22-18(23)9-8-14-11-20-15-4-2-3-5-16(15)21-14/h2-11H,1H3,(H,22,23). The lowest BCUT2D eigenvalue weighted by molar-refractivity contribution is -0.111. The minimum atomic E-state index is -0.207. The molecule has 1 aromatic heterocycles. The second kappa shape index (κ2) is 6.71. The van der Waals surface area contributed by atoms with Gasteiger partial charge in [0.25, 0.3) is 0 Å². The zero-order valence-corrected chi connectivity index (χ0v) is 14.0. The van der Waals surface area contributed by atoms with Crippen LogP contribution in [0.2, 0.25) is 0 Å². The number of fused-ring (bicyclic) bond motifs is 1. The molecular formula is C18H14BrN3O. The number of carbonyl (C=O) groups is 1. The van der Waals surface area contributed by atoms with Crippen LogP contribution in [0.3, 0.4) is 0 Å². The summed E-state index contributed by atoms with van der Waals surface area (Å²) in [4.78, 5) is 20.8. The maximum absolute atomic E-state index is 12.1. The van der Waals surface area contributed by atoms with Crippen LogP contribution in [0.4, 0.5) is 5.69 Å². The van der Waals surface area contributed by atoms with Gasteiger partial charge in [-0.2, -0.15) is 0 Å².